The van der Waals surface area contributed by atoms with Crippen LogP contribution in [0.3, 0.4) is 0 Å². The summed E-state index contributed by atoms with van der Waals surface area (Å²) < 4.78 is 9.94. The molecule has 2 heterocycles. The number of rotatable bonds is 11. The van der Waals surface area contributed by atoms with Gasteiger partial charge in [0.25, 0.3) is 0 Å². The molecule has 2 rings (SSSR count). The molecule has 2 saturated heterocycles. The third kappa shape index (κ3) is 4.71. The van der Waals surface area contributed by atoms with Gasteiger partial charge in [0.1, 0.15) is 19.5 Å². The Hall–Kier alpha value is -2.29. The van der Waals surface area contributed by atoms with Crippen molar-refractivity contribution >= 4 is 36.0 Å². The predicted molar refractivity (Wildman–Crippen MR) is 100 cm³/mol. The average Bonchev–Trinajstić information content (AvgIpc) is 3.21. The van der Waals surface area contributed by atoms with Crippen LogP contribution in [0.25, 0.3) is 0 Å². The first kappa shape index (κ1) is 21.0. The van der Waals surface area contributed by atoms with Crippen molar-refractivity contribution in [2.45, 2.75) is 36.6 Å². The molecular formula is C18H24N2O6S. The molecule has 0 saturated carbocycles. The fourth-order valence-electron chi connectivity index (χ4n) is 3.19. The van der Waals surface area contributed by atoms with E-state index in [9.17, 15) is 19.2 Å². The van der Waals surface area contributed by atoms with Gasteiger partial charge in [-0.15, -0.1) is 0 Å². The Morgan fingerprint density at radius 1 is 1.19 bits per heavy atom. The number of carbonyl (C=O) groups is 4. The van der Waals surface area contributed by atoms with Crippen LogP contribution in [0.2, 0.25) is 0 Å². The molecule has 8 nitrogen and oxygen atoms in total. The van der Waals surface area contributed by atoms with Crippen LogP contribution in [0.15, 0.2) is 25.3 Å². The van der Waals surface area contributed by atoms with Crippen LogP contribution >= 0.6 is 11.8 Å². The summed E-state index contributed by atoms with van der Waals surface area (Å²) in [6.45, 7) is 6.68. The lowest BCUT2D eigenvalue weighted by Gasteiger charge is -2.24. The van der Waals surface area contributed by atoms with E-state index >= 15 is 0 Å². The first-order valence-corrected chi connectivity index (χ1v) is 9.74. The Morgan fingerprint density at radius 2 is 1.81 bits per heavy atom. The van der Waals surface area contributed by atoms with E-state index in [0.29, 0.717) is 19.1 Å². The molecule has 0 radical (unpaired) electrons. The Bertz CT molecular complexity index is 599. The summed E-state index contributed by atoms with van der Waals surface area (Å²) in [6, 6.07) is -0.0921. The lowest BCUT2D eigenvalue weighted by molar-refractivity contribution is -0.171. The number of nitrogens with one attached hydrogen (secondary N) is 2. The van der Waals surface area contributed by atoms with Crippen LogP contribution < -0.4 is 10.6 Å². The molecule has 0 aromatic carbocycles. The van der Waals surface area contributed by atoms with E-state index in [2.05, 4.69) is 23.8 Å². The van der Waals surface area contributed by atoms with Gasteiger partial charge in [-0.1, -0.05) is 31.7 Å². The maximum atomic E-state index is 12.4. The standard InChI is InChI=1S/C18H24N2O6S/c1-3-8-25-15(22)18(11-21,16(23)26-9-4-2)7-5-6-13-14-12(10-27-13)19-17(24)20-14/h3-4,11-14H,1-2,5-10H2,(H2,19,20,24)/t12-,13-,14-/m0/s1. The minimum absolute atomic E-state index is 0.00793. The molecule has 0 aromatic rings. The number of carbonyl (C=O) groups excluding carboxylic acids is 4. The molecule has 148 valence electrons. The highest BCUT2D eigenvalue weighted by Gasteiger charge is 2.49. The lowest BCUT2D eigenvalue weighted by atomic mass is 9.83. The predicted octanol–water partition coefficient (Wildman–Crippen LogP) is 0.966. The van der Waals surface area contributed by atoms with Gasteiger partial charge in [0.05, 0.1) is 12.1 Å². The fourth-order valence-corrected chi connectivity index (χ4v) is 4.74. The molecular weight excluding hydrogens is 372 g/mol. The van der Waals surface area contributed by atoms with Gasteiger partial charge in [0.2, 0.25) is 5.41 Å². The van der Waals surface area contributed by atoms with Crippen molar-refractivity contribution in [3.05, 3.63) is 25.3 Å². The van der Waals surface area contributed by atoms with E-state index in [1.807, 2.05) is 0 Å². The van der Waals surface area contributed by atoms with E-state index in [0.717, 1.165) is 5.75 Å². The average molecular weight is 396 g/mol. The topological polar surface area (TPSA) is 111 Å². The number of amides is 2. The van der Waals surface area contributed by atoms with Crippen molar-refractivity contribution in [1.29, 1.82) is 0 Å². The van der Waals surface area contributed by atoms with Crippen molar-refractivity contribution in [2.24, 2.45) is 5.41 Å². The van der Waals surface area contributed by atoms with E-state index < -0.39 is 17.4 Å². The Labute approximate surface area is 162 Å². The van der Waals surface area contributed by atoms with E-state index in [1.54, 1.807) is 11.8 Å². The summed E-state index contributed by atoms with van der Waals surface area (Å²) in [5.41, 5.74) is -2.01. The molecule has 0 bridgehead atoms. The molecule has 0 aliphatic carbocycles. The van der Waals surface area contributed by atoms with Gasteiger partial charge in [0.15, 0.2) is 0 Å². The van der Waals surface area contributed by atoms with Gasteiger partial charge in [-0.3, -0.25) is 9.59 Å². The first-order valence-electron chi connectivity index (χ1n) is 8.69. The van der Waals surface area contributed by atoms with Crippen molar-refractivity contribution < 1.29 is 28.7 Å². The SMILES string of the molecule is C=CCOC(=O)C(C=O)(CCC[C@@H]1SC[C@@H]2NC(=O)N[C@@H]21)C(=O)OCC=C. The van der Waals surface area contributed by atoms with E-state index in [4.69, 9.17) is 9.47 Å². The third-order valence-electron chi connectivity index (χ3n) is 4.59. The highest BCUT2D eigenvalue weighted by atomic mass is 32.2. The van der Waals surface area contributed by atoms with Crippen molar-refractivity contribution in [1.82, 2.24) is 10.6 Å². The summed E-state index contributed by atoms with van der Waals surface area (Å²) in [5, 5.41) is 5.88. The quantitative estimate of drug-likeness (QED) is 0.176. The second-order valence-corrected chi connectivity index (χ2v) is 7.65. The highest BCUT2D eigenvalue weighted by Crippen LogP contribution is 2.35. The van der Waals surface area contributed by atoms with Crippen molar-refractivity contribution in [3.8, 4) is 0 Å². The minimum Gasteiger partial charge on any atom is -0.460 e. The zero-order chi connectivity index (χ0) is 19.9. The van der Waals surface area contributed by atoms with E-state index in [-0.39, 0.29) is 43.0 Å². The monoisotopic (exact) mass is 396 g/mol. The number of thioether (sulfide) groups is 1. The normalized spacial score (nSPS) is 23.6. The summed E-state index contributed by atoms with van der Waals surface area (Å²) in [6.07, 6.45) is 4.03. The molecule has 2 N–H and O–H groups in total. The molecule has 0 unspecified atom stereocenters. The molecule has 2 aliphatic heterocycles. The maximum absolute atomic E-state index is 12.4. The van der Waals surface area contributed by atoms with Crippen LogP contribution in [-0.2, 0) is 23.9 Å². The van der Waals surface area contributed by atoms with Crippen LogP contribution in [-0.4, -0.2) is 60.6 Å². The zero-order valence-electron chi connectivity index (χ0n) is 15.0. The second-order valence-electron chi connectivity index (χ2n) is 6.38. The summed E-state index contributed by atoms with van der Waals surface area (Å²) in [4.78, 5) is 48.0. The molecule has 27 heavy (non-hydrogen) atoms. The molecule has 2 fully saturated rings. The van der Waals surface area contributed by atoms with Gasteiger partial charge >= 0.3 is 18.0 Å². The lowest BCUT2D eigenvalue weighted by Crippen LogP contribution is -2.44. The van der Waals surface area contributed by atoms with Crippen molar-refractivity contribution in [2.75, 3.05) is 19.0 Å². The van der Waals surface area contributed by atoms with Crippen LogP contribution in [0.1, 0.15) is 19.3 Å². The van der Waals surface area contributed by atoms with Gasteiger partial charge in [-0.25, -0.2) is 4.79 Å². The van der Waals surface area contributed by atoms with E-state index in [1.165, 1.54) is 12.2 Å². The molecule has 9 heteroatoms. The molecule has 0 spiro atoms. The Morgan fingerprint density at radius 3 is 2.37 bits per heavy atom. The van der Waals surface area contributed by atoms with Crippen LogP contribution in [0, 0.1) is 5.41 Å². The molecule has 3 atom stereocenters. The number of ether oxygens (including phenoxy) is 2. The van der Waals surface area contributed by atoms with Gasteiger partial charge < -0.3 is 24.9 Å². The van der Waals surface area contributed by atoms with Crippen LogP contribution in [0.5, 0.6) is 0 Å². The maximum Gasteiger partial charge on any atom is 0.331 e. The number of urea groups is 1. The molecule has 0 aromatic heterocycles. The van der Waals surface area contributed by atoms with Gasteiger partial charge in [0, 0.05) is 11.0 Å². The Balaban J connectivity index is 2.02. The molecule has 2 aliphatic rings. The van der Waals surface area contributed by atoms with Crippen molar-refractivity contribution in [3.63, 3.8) is 0 Å². The van der Waals surface area contributed by atoms with Gasteiger partial charge in [-0.05, 0) is 12.8 Å². The highest BCUT2D eigenvalue weighted by molar-refractivity contribution is 8.00. The molecule has 2 amide bonds. The first-order chi connectivity index (χ1) is 13.0. The summed E-state index contributed by atoms with van der Waals surface area (Å²) >= 11 is 1.71. The minimum atomic E-state index is -2.01. The second kappa shape index (κ2) is 9.59. The number of hydrogen-bond acceptors (Lipinski definition) is 7. The fraction of sp³-hybridized carbons (Fsp3) is 0.556. The number of hydrogen-bond donors (Lipinski definition) is 2. The summed E-state index contributed by atoms with van der Waals surface area (Å²) in [7, 11) is 0. The Kier molecular flexibility index (Phi) is 7.46. The van der Waals surface area contributed by atoms with Crippen LogP contribution in [0.4, 0.5) is 4.79 Å². The third-order valence-corrected chi connectivity index (χ3v) is 6.10. The zero-order valence-corrected chi connectivity index (χ0v) is 15.8. The van der Waals surface area contributed by atoms with Gasteiger partial charge in [-0.2, -0.15) is 11.8 Å². The largest absolute Gasteiger partial charge is 0.460 e. The number of esters is 2. The summed E-state index contributed by atoms with van der Waals surface area (Å²) in [5.74, 6) is -1.09. The number of aldehydes is 1. The smallest absolute Gasteiger partial charge is 0.331 e. The number of fused-ring (bicyclic) bond motifs is 1.